The zero-order valence-corrected chi connectivity index (χ0v) is 13.8. The molecule has 1 aliphatic rings. The van der Waals surface area contributed by atoms with Crippen LogP contribution in [-0.4, -0.2) is 14.5 Å². The van der Waals surface area contributed by atoms with E-state index >= 15 is 0 Å². The molecule has 0 saturated heterocycles. The highest BCUT2D eigenvalue weighted by molar-refractivity contribution is 7.18. The highest BCUT2D eigenvalue weighted by atomic mass is 32.1. The van der Waals surface area contributed by atoms with Crippen LogP contribution in [0, 0.1) is 0 Å². The number of aryl methyl sites for hydroxylation is 2. The van der Waals surface area contributed by atoms with E-state index in [4.69, 9.17) is 4.42 Å². The number of nitrogens with zero attached hydrogens (tertiary/aromatic N) is 3. The smallest absolute Gasteiger partial charge is 0.262 e. The van der Waals surface area contributed by atoms with E-state index in [1.165, 1.54) is 16.9 Å². The van der Waals surface area contributed by atoms with Gasteiger partial charge in [-0.05, 0) is 43.4 Å². The van der Waals surface area contributed by atoms with Crippen molar-refractivity contribution in [2.45, 2.75) is 32.2 Å². The minimum Gasteiger partial charge on any atom is -0.439 e. The van der Waals surface area contributed by atoms with Gasteiger partial charge in [0.05, 0.1) is 11.7 Å². The summed E-state index contributed by atoms with van der Waals surface area (Å²) in [5, 5.41) is 0.799. The molecule has 5 rings (SSSR count). The molecule has 0 fully saturated rings. The van der Waals surface area contributed by atoms with Crippen molar-refractivity contribution >= 4 is 32.7 Å². The molecule has 0 aliphatic heterocycles. The van der Waals surface area contributed by atoms with Crippen molar-refractivity contribution in [3.8, 4) is 0 Å². The second-order valence-electron chi connectivity index (χ2n) is 6.14. The van der Waals surface area contributed by atoms with Gasteiger partial charge < -0.3 is 4.42 Å². The second kappa shape index (κ2) is 5.27. The summed E-state index contributed by atoms with van der Waals surface area (Å²) < 4.78 is 7.34. The predicted molar refractivity (Wildman–Crippen MR) is 93.6 cm³/mol. The number of hydrogen-bond donors (Lipinski definition) is 0. The Morgan fingerprint density at radius 2 is 2.08 bits per heavy atom. The number of aromatic nitrogens is 3. The van der Waals surface area contributed by atoms with E-state index in [2.05, 4.69) is 9.97 Å². The Morgan fingerprint density at radius 3 is 3.00 bits per heavy atom. The van der Waals surface area contributed by atoms with Crippen LogP contribution < -0.4 is 5.56 Å². The molecule has 0 unspecified atom stereocenters. The van der Waals surface area contributed by atoms with Crippen molar-refractivity contribution in [3.05, 3.63) is 57.3 Å². The van der Waals surface area contributed by atoms with Gasteiger partial charge in [0.1, 0.15) is 16.9 Å². The standard InChI is InChI=1S/C18H15N3O2S/c22-18-16-11-5-1-4-8-14(11)24-17(16)19-10-21(18)9-15-20-12-6-2-3-7-13(12)23-15/h2-3,6-7,10H,1,4-5,8-9H2. The number of hydrogen-bond acceptors (Lipinski definition) is 5. The van der Waals surface area contributed by atoms with Crippen LogP contribution in [0.25, 0.3) is 21.3 Å². The maximum absolute atomic E-state index is 12.9. The first-order chi connectivity index (χ1) is 11.8. The molecule has 5 nitrogen and oxygen atoms in total. The predicted octanol–water partition coefficient (Wildman–Crippen LogP) is 3.53. The number of oxazole rings is 1. The van der Waals surface area contributed by atoms with Crippen LogP contribution in [0.3, 0.4) is 0 Å². The molecule has 1 aromatic carbocycles. The Bertz CT molecular complexity index is 1090. The number of thiophene rings is 1. The van der Waals surface area contributed by atoms with Crippen LogP contribution in [-0.2, 0) is 19.4 Å². The Hall–Kier alpha value is -2.47. The van der Waals surface area contributed by atoms with Gasteiger partial charge in [-0.2, -0.15) is 0 Å². The summed E-state index contributed by atoms with van der Waals surface area (Å²) in [6.45, 7) is 0.307. The van der Waals surface area contributed by atoms with Crippen molar-refractivity contribution in [1.82, 2.24) is 14.5 Å². The van der Waals surface area contributed by atoms with Crippen LogP contribution in [0.5, 0.6) is 0 Å². The minimum atomic E-state index is 0.0154. The van der Waals surface area contributed by atoms with Gasteiger partial charge in [0, 0.05) is 4.88 Å². The molecule has 120 valence electrons. The maximum Gasteiger partial charge on any atom is 0.262 e. The molecule has 0 radical (unpaired) electrons. The monoisotopic (exact) mass is 337 g/mol. The zero-order chi connectivity index (χ0) is 16.1. The average molecular weight is 337 g/mol. The molecule has 3 heterocycles. The highest BCUT2D eigenvalue weighted by Crippen LogP contribution is 2.33. The fourth-order valence-corrected chi connectivity index (χ4v) is 4.65. The zero-order valence-electron chi connectivity index (χ0n) is 13.0. The molecule has 1 aliphatic carbocycles. The van der Waals surface area contributed by atoms with Gasteiger partial charge in [-0.1, -0.05) is 12.1 Å². The molecular weight excluding hydrogens is 322 g/mol. The lowest BCUT2D eigenvalue weighted by atomic mass is 9.97. The molecule has 0 N–H and O–H groups in total. The molecule has 24 heavy (non-hydrogen) atoms. The van der Waals surface area contributed by atoms with Gasteiger partial charge in [-0.3, -0.25) is 9.36 Å². The van der Waals surface area contributed by atoms with Gasteiger partial charge in [-0.25, -0.2) is 9.97 Å². The molecule has 0 saturated carbocycles. The number of benzene rings is 1. The van der Waals surface area contributed by atoms with E-state index in [0.29, 0.717) is 12.4 Å². The fraction of sp³-hybridized carbons (Fsp3) is 0.278. The molecule has 0 amide bonds. The minimum absolute atomic E-state index is 0.0154. The van der Waals surface area contributed by atoms with Crippen LogP contribution >= 0.6 is 11.3 Å². The lowest BCUT2D eigenvalue weighted by Gasteiger charge is -2.10. The van der Waals surface area contributed by atoms with Crippen molar-refractivity contribution in [2.24, 2.45) is 0 Å². The maximum atomic E-state index is 12.9. The number of para-hydroxylation sites is 2. The average Bonchev–Trinajstić information content (AvgIpc) is 3.18. The quantitative estimate of drug-likeness (QED) is 0.561. The Balaban J connectivity index is 1.61. The van der Waals surface area contributed by atoms with E-state index in [9.17, 15) is 4.79 Å². The highest BCUT2D eigenvalue weighted by Gasteiger charge is 2.20. The van der Waals surface area contributed by atoms with E-state index in [1.807, 2.05) is 24.3 Å². The summed E-state index contributed by atoms with van der Waals surface area (Å²) in [5.41, 5.74) is 2.78. The summed E-state index contributed by atoms with van der Waals surface area (Å²) in [7, 11) is 0. The summed E-state index contributed by atoms with van der Waals surface area (Å²) >= 11 is 1.67. The molecular formula is C18H15N3O2S. The van der Waals surface area contributed by atoms with Crippen molar-refractivity contribution in [3.63, 3.8) is 0 Å². The van der Waals surface area contributed by atoms with Crippen LogP contribution in [0.4, 0.5) is 0 Å². The van der Waals surface area contributed by atoms with Crippen LogP contribution in [0.1, 0.15) is 29.2 Å². The van der Waals surface area contributed by atoms with Gasteiger partial charge in [0.25, 0.3) is 5.56 Å². The van der Waals surface area contributed by atoms with E-state index in [1.54, 1.807) is 22.2 Å². The van der Waals surface area contributed by atoms with Gasteiger partial charge in [0.2, 0.25) is 5.89 Å². The Labute approximate surface area is 141 Å². The molecule has 0 atom stereocenters. The largest absolute Gasteiger partial charge is 0.439 e. The lowest BCUT2D eigenvalue weighted by molar-refractivity contribution is 0.503. The first kappa shape index (κ1) is 13.9. The first-order valence-corrected chi connectivity index (χ1v) is 8.95. The third-order valence-corrected chi connectivity index (χ3v) is 5.79. The third-order valence-electron chi connectivity index (χ3n) is 4.59. The second-order valence-corrected chi connectivity index (χ2v) is 7.23. The van der Waals surface area contributed by atoms with Crippen LogP contribution in [0.15, 0.2) is 39.8 Å². The normalized spacial score (nSPS) is 14.3. The fourth-order valence-electron chi connectivity index (χ4n) is 3.43. The van der Waals surface area contributed by atoms with Gasteiger partial charge >= 0.3 is 0 Å². The van der Waals surface area contributed by atoms with E-state index in [-0.39, 0.29) is 5.56 Å². The Morgan fingerprint density at radius 1 is 1.21 bits per heavy atom. The topological polar surface area (TPSA) is 60.9 Å². The van der Waals surface area contributed by atoms with Crippen LogP contribution in [0.2, 0.25) is 0 Å². The molecule has 6 heteroatoms. The third kappa shape index (κ3) is 2.10. The van der Waals surface area contributed by atoms with Gasteiger partial charge in [-0.15, -0.1) is 11.3 Å². The summed E-state index contributed by atoms with van der Waals surface area (Å²) in [5.74, 6) is 0.531. The molecule has 4 aromatic rings. The van der Waals surface area contributed by atoms with Crippen molar-refractivity contribution in [2.75, 3.05) is 0 Å². The van der Waals surface area contributed by atoms with Crippen molar-refractivity contribution < 1.29 is 4.42 Å². The number of rotatable bonds is 2. The SMILES string of the molecule is O=c1c2c3c(sc2ncn1Cc1nc2ccccc2o1)CCCC3. The summed E-state index contributed by atoms with van der Waals surface area (Å²) in [6.07, 6.45) is 6.02. The summed E-state index contributed by atoms with van der Waals surface area (Å²) in [6, 6.07) is 7.62. The van der Waals surface area contributed by atoms with Crippen molar-refractivity contribution in [1.29, 1.82) is 0 Å². The lowest BCUT2D eigenvalue weighted by Crippen LogP contribution is -2.21. The molecule has 0 spiro atoms. The first-order valence-electron chi connectivity index (χ1n) is 8.14. The molecule has 3 aromatic heterocycles. The van der Waals surface area contributed by atoms with E-state index < -0.39 is 0 Å². The number of fused-ring (bicyclic) bond motifs is 4. The van der Waals surface area contributed by atoms with E-state index in [0.717, 1.165) is 40.6 Å². The summed E-state index contributed by atoms with van der Waals surface area (Å²) in [4.78, 5) is 24.1. The Kier molecular flexibility index (Phi) is 3.06. The van der Waals surface area contributed by atoms with Gasteiger partial charge in [0.15, 0.2) is 5.58 Å². The molecule has 0 bridgehead atoms.